The Morgan fingerprint density at radius 3 is 2.42 bits per heavy atom. The fraction of sp³-hybridized carbons (Fsp3) is 0.242. The number of carbonyl (C=O) groups is 1. The van der Waals surface area contributed by atoms with E-state index in [0.29, 0.717) is 51.1 Å². The quantitative estimate of drug-likeness (QED) is 0.207. The van der Waals surface area contributed by atoms with Crippen molar-refractivity contribution >= 4 is 39.3 Å². The van der Waals surface area contributed by atoms with Crippen molar-refractivity contribution < 1.29 is 23.7 Å². The van der Waals surface area contributed by atoms with E-state index in [-0.39, 0.29) is 12.2 Å². The van der Waals surface area contributed by atoms with Crippen LogP contribution in [0, 0.1) is 0 Å². The number of thiazole rings is 1. The van der Waals surface area contributed by atoms with Crippen LogP contribution in [0.2, 0.25) is 0 Å². The minimum absolute atomic E-state index is 0.205. The zero-order chi connectivity index (χ0) is 30.5. The van der Waals surface area contributed by atoms with E-state index < -0.39 is 12.0 Å². The van der Waals surface area contributed by atoms with Crippen LogP contribution in [-0.4, -0.2) is 30.9 Å². The summed E-state index contributed by atoms with van der Waals surface area (Å²) in [6.07, 6.45) is 1.80. The molecule has 4 aromatic rings. The molecule has 43 heavy (non-hydrogen) atoms. The second-order valence-electron chi connectivity index (χ2n) is 9.60. The van der Waals surface area contributed by atoms with E-state index >= 15 is 0 Å². The number of nitrogens with zero attached hydrogens (tertiary/aromatic N) is 2. The van der Waals surface area contributed by atoms with Crippen LogP contribution in [0.25, 0.3) is 6.08 Å². The number of benzene rings is 3. The third-order valence-electron chi connectivity index (χ3n) is 6.84. The Bertz CT molecular complexity index is 1850. The molecule has 0 saturated heterocycles. The van der Waals surface area contributed by atoms with Gasteiger partial charge in [0.05, 0.1) is 42.2 Å². The van der Waals surface area contributed by atoms with Crippen molar-refractivity contribution in [1.82, 2.24) is 4.57 Å². The predicted octanol–water partition coefficient (Wildman–Crippen LogP) is 5.55. The van der Waals surface area contributed by atoms with Gasteiger partial charge in [0.1, 0.15) is 12.4 Å². The molecular formula is C33H31BrN2O6S. The van der Waals surface area contributed by atoms with Crippen molar-refractivity contribution in [3.63, 3.8) is 0 Å². The Morgan fingerprint density at radius 1 is 1.02 bits per heavy atom. The topological polar surface area (TPSA) is 88.4 Å². The molecule has 0 radical (unpaired) electrons. The molecule has 1 aliphatic rings. The van der Waals surface area contributed by atoms with Crippen LogP contribution in [-0.2, 0) is 16.1 Å². The zero-order valence-electron chi connectivity index (χ0n) is 24.3. The molecule has 0 spiro atoms. The van der Waals surface area contributed by atoms with Crippen LogP contribution in [0.15, 0.2) is 92.3 Å². The molecular weight excluding hydrogens is 632 g/mol. The highest BCUT2D eigenvalue weighted by Crippen LogP contribution is 2.35. The van der Waals surface area contributed by atoms with Crippen LogP contribution in [0.5, 0.6) is 17.2 Å². The van der Waals surface area contributed by atoms with Crippen molar-refractivity contribution in [1.29, 1.82) is 0 Å². The van der Waals surface area contributed by atoms with E-state index in [1.54, 1.807) is 43.7 Å². The first-order valence-corrected chi connectivity index (χ1v) is 15.4. The molecule has 0 unspecified atom stereocenters. The van der Waals surface area contributed by atoms with Crippen molar-refractivity contribution in [2.24, 2.45) is 4.99 Å². The molecule has 2 heterocycles. The first-order chi connectivity index (χ1) is 20.8. The van der Waals surface area contributed by atoms with Gasteiger partial charge in [-0.1, -0.05) is 69.7 Å². The Labute approximate surface area is 261 Å². The van der Waals surface area contributed by atoms with Crippen molar-refractivity contribution in [3.05, 3.63) is 119 Å². The van der Waals surface area contributed by atoms with Gasteiger partial charge >= 0.3 is 5.97 Å². The zero-order valence-corrected chi connectivity index (χ0v) is 26.7. The lowest BCUT2D eigenvalue weighted by Crippen LogP contribution is -2.39. The molecule has 3 aromatic carbocycles. The van der Waals surface area contributed by atoms with Gasteiger partial charge in [0.25, 0.3) is 5.56 Å². The standard InChI is InChI=1S/C33H31BrN2O6S/c1-5-40-26-16-23(25(34)18-27(26)42-19-21-10-8-7-9-11-21)17-28-31(37)36-30(22-12-14-24(39-4)15-13-22)29(32(38)41-6-2)20(3)35-33(36)43-28/h7-18,30H,5-6,19H2,1-4H3/b28-17-/t30-/m0/s1. The molecule has 0 fully saturated rings. The van der Waals surface area contributed by atoms with Gasteiger partial charge in [0, 0.05) is 4.47 Å². The van der Waals surface area contributed by atoms with Gasteiger partial charge in [-0.05, 0) is 67.8 Å². The lowest BCUT2D eigenvalue weighted by atomic mass is 9.96. The lowest BCUT2D eigenvalue weighted by molar-refractivity contribution is -0.139. The smallest absolute Gasteiger partial charge is 0.338 e. The minimum Gasteiger partial charge on any atom is -0.497 e. The molecule has 222 valence electrons. The van der Waals surface area contributed by atoms with Gasteiger partial charge in [-0.3, -0.25) is 9.36 Å². The summed E-state index contributed by atoms with van der Waals surface area (Å²) in [5.41, 5.74) is 3.08. The molecule has 0 N–H and O–H groups in total. The van der Waals surface area contributed by atoms with Crippen molar-refractivity contribution in [3.8, 4) is 17.2 Å². The van der Waals surface area contributed by atoms with Gasteiger partial charge in [-0.25, -0.2) is 9.79 Å². The third kappa shape index (κ3) is 6.45. The largest absolute Gasteiger partial charge is 0.497 e. The molecule has 0 aliphatic carbocycles. The molecule has 8 nitrogen and oxygen atoms in total. The number of allylic oxidation sites excluding steroid dienone is 1. The number of rotatable bonds is 10. The lowest BCUT2D eigenvalue weighted by Gasteiger charge is -2.24. The number of methoxy groups -OCH3 is 1. The maximum Gasteiger partial charge on any atom is 0.338 e. The monoisotopic (exact) mass is 662 g/mol. The van der Waals surface area contributed by atoms with E-state index in [1.807, 2.05) is 61.5 Å². The summed E-state index contributed by atoms with van der Waals surface area (Å²) >= 11 is 4.91. The maximum atomic E-state index is 14.0. The molecule has 1 atom stereocenters. The first kappa shape index (κ1) is 30.3. The summed E-state index contributed by atoms with van der Waals surface area (Å²) in [5, 5.41) is 0. The average molecular weight is 664 g/mol. The second kappa shape index (κ2) is 13.4. The Hall–Kier alpha value is -4.15. The number of halogens is 1. The fourth-order valence-corrected chi connectivity index (χ4v) is 6.29. The SMILES string of the molecule is CCOC(=O)C1=C(C)N=c2s/c(=C\c3cc(OCC)c(OCc4ccccc4)cc3Br)c(=O)n2[C@H]1c1ccc(OC)cc1. The van der Waals surface area contributed by atoms with Gasteiger partial charge in [0.15, 0.2) is 16.3 Å². The summed E-state index contributed by atoms with van der Waals surface area (Å²) in [6, 6.07) is 20.2. The Balaban J connectivity index is 1.59. The van der Waals surface area contributed by atoms with E-state index in [2.05, 4.69) is 20.9 Å². The Morgan fingerprint density at radius 2 is 1.74 bits per heavy atom. The van der Waals surface area contributed by atoms with Gasteiger partial charge in [0.2, 0.25) is 0 Å². The van der Waals surface area contributed by atoms with E-state index in [1.165, 1.54) is 11.3 Å². The normalized spacial score (nSPS) is 14.6. The van der Waals surface area contributed by atoms with Crippen molar-refractivity contribution in [2.45, 2.75) is 33.4 Å². The summed E-state index contributed by atoms with van der Waals surface area (Å²) in [7, 11) is 1.59. The molecule has 10 heteroatoms. The summed E-state index contributed by atoms with van der Waals surface area (Å²) in [6.45, 7) is 6.46. The van der Waals surface area contributed by atoms with Crippen molar-refractivity contribution in [2.75, 3.05) is 20.3 Å². The number of fused-ring (bicyclic) bond motifs is 1. The van der Waals surface area contributed by atoms with Crippen LogP contribution in [0.4, 0.5) is 0 Å². The molecule has 1 aromatic heterocycles. The highest BCUT2D eigenvalue weighted by atomic mass is 79.9. The summed E-state index contributed by atoms with van der Waals surface area (Å²) in [5.74, 6) is 1.32. The number of aromatic nitrogens is 1. The predicted molar refractivity (Wildman–Crippen MR) is 169 cm³/mol. The molecule has 0 saturated carbocycles. The fourth-order valence-electron chi connectivity index (χ4n) is 4.81. The van der Waals surface area contributed by atoms with E-state index in [9.17, 15) is 9.59 Å². The highest BCUT2D eigenvalue weighted by molar-refractivity contribution is 9.10. The van der Waals surface area contributed by atoms with Gasteiger partial charge in [-0.15, -0.1) is 0 Å². The third-order valence-corrected chi connectivity index (χ3v) is 8.50. The number of carbonyl (C=O) groups excluding carboxylic acids is 1. The summed E-state index contributed by atoms with van der Waals surface area (Å²) < 4.78 is 25.5. The molecule has 0 bridgehead atoms. The van der Waals surface area contributed by atoms with Gasteiger partial charge in [-0.2, -0.15) is 0 Å². The minimum atomic E-state index is -0.709. The molecule has 1 aliphatic heterocycles. The van der Waals surface area contributed by atoms with E-state index in [4.69, 9.17) is 18.9 Å². The number of ether oxygens (including phenoxy) is 4. The van der Waals surface area contributed by atoms with Gasteiger partial charge < -0.3 is 18.9 Å². The number of esters is 1. The second-order valence-corrected chi connectivity index (χ2v) is 11.5. The molecule has 5 rings (SSSR count). The first-order valence-electron chi connectivity index (χ1n) is 13.8. The maximum absolute atomic E-state index is 14.0. The summed E-state index contributed by atoms with van der Waals surface area (Å²) in [4.78, 5) is 32.3. The van der Waals surface area contributed by atoms with Crippen LogP contribution in [0.1, 0.15) is 43.5 Å². The Kier molecular flexibility index (Phi) is 9.47. The van der Waals surface area contributed by atoms with Crippen LogP contribution >= 0.6 is 27.3 Å². The number of hydrogen-bond donors (Lipinski definition) is 0. The average Bonchev–Trinajstić information content (AvgIpc) is 3.31. The highest BCUT2D eigenvalue weighted by Gasteiger charge is 2.33. The molecule has 0 amide bonds. The van der Waals surface area contributed by atoms with Crippen LogP contribution in [0.3, 0.4) is 0 Å². The van der Waals surface area contributed by atoms with E-state index in [0.717, 1.165) is 21.2 Å². The number of hydrogen-bond acceptors (Lipinski definition) is 8. The van der Waals surface area contributed by atoms with Crippen LogP contribution < -0.4 is 29.1 Å².